The summed E-state index contributed by atoms with van der Waals surface area (Å²) in [6, 6.07) is 62.1. The number of aromatic nitrogens is 4. The molecule has 8 aromatic carbocycles. The number of pyridine rings is 1. The van der Waals surface area contributed by atoms with Crippen LogP contribution in [0.15, 0.2) is 191 Å². The molecule has 4 aromatic heterocycles. The van der Waals surface area contributed by atoms with Crippen molar-refractivity contribution in [1.82, 2.24) is 19.9 Å². The van der Waals surface area contributed by atoms with Crippen molar-refractivity contribution in [3.05, 3.63) is 182 Å². The molecule has 0 saturated heterocycles. The van der Waals surface area contributed by atoms with E-state index in [0.717, 1.165) is 99.2 Å². The molecule has 0 spiro atoms. The van der Waals surface area contributed by atoms with Gasteiger partial charge < -0.3 is 8.83 Å². The van der Waals surface area contributed by atoms with Gasteiger partial charge in [-0.1, -0.05) is 152 Å². The van der Waals surface area contributed by atoms with E-state index in [1.807, 2.05) is 72.8 Å². The van der Waals surface area contributed by atoms with Crippen molar-refractivity contribution in [2.24, 2.45) is 0 Å². The molecule has 58 heavy (non-hydrogen) atoms. The Morgan fingerprint density at radius 2 is 0.879 bits per heavy atom. The van der Waals surface area contributed by atoms with Gasteiger partial charge in [0.2, 0.25) is 0 Å². The van der Waals surface area contributed by atoms with E-state index in [4.69, 9.17) is 28.8 Å². The van der Waals surface area contributed by atoms with E-state index in [-0.39, 0.29) is 0 Å². The van der Waals surface area contributed by atoms with Crippen LogP contribution in [-0.2, 0) is 0 Å². The van der Waals surface area contributed by atoms with Crippen molar-refractivity contribution >= 4 is 65.6 Å². The van der Waals surface area contributed by atoms with Gasteiger partial charge >= 0.3 is 0 Å². The van der Waals surface area contributed by atoms with Crippen molar-refractivity contribution in [3.63, 3.8) is 0 Å². The van der Waals surface area contributed by atoms with Crippen LogP contribution in [0.4, 0.5) is 0 Å². The van der Waals surface area contributed by atoms with E-state index in [0.29, 0.717) is 17.5 Å². The van der Waals surface area contributed by atoms with Crippen molar-refractivity contribution in [3.8, 4) is 56.5 Å². The van der Waals surface area contributed by atoms with Gasteiger partial charge in [0, 0.05) is 54.7 Å². The molecular weight excluding hydrogens is 713 g/mol. The lowest BCUT2D eigenvalue weighted by Gasteiger charge is -2.11. The molecule has 0 unspecified atom stereocenters. The summed E-state index contributed by atoms with van der Waals surface area (Å²) in [7, 11) is 0. The van der Waals surface area contributed by atoms with Crippen LogP contribution in [0.25, 0.3) is 122 Å². The second kappa shape index (κ2) is 12.8. The van der Waals surface area contributed by atoms with E-state index in [9.17, 15) is 0 Å². The number of benzene rings is 8. The molecule has 12 aromatic rings. The minimum atomic E-state index is 0.576. The first-order valence-corrected chi connectivity index (χ1v) is 19.3. The van der Waals surface area contributed by atoms with Crippen molar-refractivity contribution in [1.29, 1.82) is 0 Å². The number of rotatable bonds is 5. The van der Waals surface area contributed by atoms with Gasteiger partial charge in [0.15, 0.2) is 23.1 Å². The summed E-state index contributed by atoms with van der Waals surface area (Å²) >= 11 is 0. The van der Waals surface area contributed by atoms with Crippen LogP contribution in [0.1, 0.15) is 0 Å². The van der Waals surface area contributed by atoms with Crippen LogP contribution in [0, 0.1) is 0 Å². The predicted molar refractivity (Wildman–Crippen MR) is 234 cm³/mol. The van der Waals surface area contributed by atoms with Crippen LogP contribution >= 0.6 is 0 Å². The summed E-state index contributed by atoms with van der Waals surface area (Å²) in [5, 5.41) is 7.72. The quantitative estimate of drug-likeness (QED) is 0.163. The van der Waals surface area contributed by atoms with Gasteiger partial charge in [-0.25, -0.2) is 19.9 Å². The maximum atomic E-state index is 6.58. The maximum absolute atomic E-state index is 6.58. The van der Waals surface area contributed by atoms with Gasteiger partial charge in [-0.3, -0.25) is 0 Å². The molecule has 12 rings (SSSR count). The summed E-state index contributed by atoms with van der Waals surface area (Å²) in [6.07, 6.45) is 0. The smallest absolute Gasteiger partial charge is 0.164 e. The standard InChI is InChI=1S/C52H30N4O2/c1-2-12-32(13-3-1)50-54-51(56-52(55-50)37-17-10-16-36(28-37)38-20-11-21-40-39-18-6-8-22-44(39)57-48(38)40)33-26-24-31(25-27-33)47-49-46(41-19-7-9-23-45(41)58-49)42-29-34-14-4-5-15-35(34)30-43(42)53-47/h1-30H. The average Bonchev–Trinajstić information content (AvgIpc) is 3.88. The van der Waals surface area contributed by atoms with Crippen LogP contribution in [0.5, 0.6) is 0 Å². The van der Waals surface area contributed by atoms with E-state index >= 15 is 0 Å². The molecule has 270 valence electrons. The first-order valence-electron chi connectivity index (χ1n) is 19.3. The summed E-state index contributed by atoms with van der Waals surface area (Å²) in [4.78, 5) is 20.4. The summed E-state index contributed by atoms with van der Waals surface area (Å²) in [5.41, 5.74) is 10.7. The van der Waals surface area contributed by atoms with Gasteiger partial charge in [0.25, 0.3) is 0 Å². The summed E-state index contributed by atoms with van der Waals surface area (Å²) in [5.74, 6) is 1.76. The number of nitrogens with zero attached hydrogens (tertiary/aromatic N) is 4. The Balaban J connectivity index is 0.989. The largest absolute Gasteiger partial charge is 0.455 e. The van der Waals surface area contributed by atoms with Gasteiger partial charge in [0.05, 0.1) is 5.52 Å². The molecule has 0 aliphatic carbocycles. The first-order chi connectivity index (χ1) is 28.7. The van der Waals surface area contributed by atoms with E-state index in [1.165, 1.54) is 5.39 Å². The molecule has 0 aliphatic heterocycles. The fourth-order valence-electron chi connectivity index (χ4n) is 8.30. The van der Waals surface area contributed by atoms with Crippen LogP contribution in [0.3, 0.4) is 0 Å². The van der Waals surface area contributed by atoms with Gasteiger partial charge in [-0.15, -0.1) is 0 Å². The SMILES string of the molecule is c1ccc(-c2nc(-c3ccc(-c4nc5cc6ccccc6cc5c5c4oc4ccccc45)cc3)nc(-c3cccc(-c4cccc5c4oc4ccccc45)c3)n2)cc1. The number of fused-ring (bicyclic) bond motifs is 9. The zero-order valence-corrected chi connectivity index (χ0v) is 30.9. The number of para-hydroxylation sites is 3. The molecule has 6 nitrogen and oxygen atoms in total. The van der Waals surface area contributed by atoms with E-state index < -0.39 is 0 Å². The molecule has 0 N–H and O–H groups in total. The molecule has 0 bridgehead atoms. The molecule has 0 radical (unpaired) electrons. The monoisotopic (exact) mass is 742 g/mol. The van der Waals surface area contributed by atoms with E-state index in [2.05, 4.69) is 109 Å². The zero-order chi connectivity index (χ0) is 38.2. The third kappa shape index (κ3) is 5.20. The average molecular weight is 743 g/mol. The molecule has 4 heterocycles. The molecule has 0 aliphatic rings. The number of furan rings is 2. The third-order valence-corrected chi connectivity index (χ3v) is 11.1. The van der Waals surface area contributed by atoms with Crippen molar-refractivity contribution < 1.29 is 8.83 Å². The number of hydrogen-bond donors (Lipinski definition) is 0. The normalized spacial score (nSPS) is 11.8. The van der Waals surface area contributed by atoms with E-state index in [1.54, 1.807) is 0 Å². The zero-order valence-electron chi connectivity index (χ0n) is 30.9. The highest BCUT2D eigenvalue weighted by atomic mass is 16.3. The molecule has 0 amide bonds. The van der Waals surface area contributed by atoms with Crippen molar-refractivity contribution in [2.75, 3.05) is 0 Å². The lowest BCUT2D eigenvalue weighted by atomic mass is 9.99. The minimum absolute atomic E-state index is 0.576. The molecular formula is C52H30N4O2. The Bertz CT molecular complexity index is 3570. The Hall–Kier alpha value is -7.96. The van der Waals surface area contributed by atoms with Crippen LogP contribution in [0.2, 0.25) is 0 Å². The second-order valence-electron chi connectivity index (χ2n) is 14.6. The van der Waals surface area contributed by atoms with Crippen LogP contribution < -0.4 is 0 Å². The van der Waals surface area contributed by atoms with Gasteiger partial charge in [-0.2, -0.15) is 0 Å². The molecule has 6 heteroatoms. The molecule has 0 atom stereocenters. The highest BCUT2D eigenvalue weighted by molar-refractivity contribution is 6.22. The highest BCUT2D eigenvalue weighted by Gasteiger charge is 2.20. The van der Waals surface area contributed by atoms with Gasteiger partial charge in [0.1, 0.15) is 22.4 Å². The van der Waals surface area contributed by atoms with Crippen LogP contribution in [-0.4, -0.2) is 19.9 Å². The van der Waals surface area contributed by atoms with Crippen molar-refractivity contribution in [2.45, 2.75) is 0 Å². The fraction of sp³-hybridized carbons (Fsp3) is 0. The maximum Gasteiger partial charge on any atom is 0.164 e. The first kappa shape index (κ1) is 32.3. The summed E-state index contributed by atoms with van der Waals surface area (Å²) < 4.78 is 13.0. The topological polar surface area (TPSA) is 77.8 Å². The highest BCUT2D eigenvalue weighted by Crippen LogP contribution is 2.41. The minimum Gasteiger partial charge on any atom is -0.455 e. The summed E-state index contributed by atoms with van der Waals surface area (Å²) in [6.45, 7) is 0. The molecule has 0 fully saturated rings. The number of hydrogen-bond acceptors (Lipinski definition) is 6. The molecule has 0 saturated carbocycles. The Morgan fingerprint density at radius 3 is 1.67 bits per heavy atom. The lowest BCUT2D eigenvalue weighted by molar-refractivity contribution is 0.668. The predicted octanol–water partition coefficient (Wildman–Crippen LogP) is 13.7. The van der Waals surface area contributed by atoms with Gasteiger partial charge in [-0.05, 0) is 46.7 Å². The Morgan fingerprint density at radius 1 is 0.328 bits per heavy atom. The Kier molecular flexibility index (Phi) is 7.13. The third-order valence-electron chi connectivity index (χ3n) is 11.1. The fourth-order valence-corrected chi connectivity index (χ4v) is 8.30. The lowest BCUT2D eigenvalue weighted by Crippen LogP contribution is -2.00. The second-order valence-corrected chi connectivity index (χ2v) is 14.6. The Labute approximate surface area is 331 Å².